The molecule has 0 aromatic heterocycles. The fourth-order valence-electron chi connectivity index (χ4n) is 2.32. The largest absolute Gasteiger partial charge is 0.396 e. The molecule has 17 heavy (non-hydrogen) atoms. The van der Waals surface area contributed by atoms with Gasteiger partial charge in [-0.3, -0.25) is 0 Å². The van der Waals surface area contributed by atoms with E-state index in [-0.39, 0.29) is 18.4 Å². The van der Waals surface area contributed by atoms with Crippen molar-refractivity contribution in [3.8, 4) is 0 Å². The summed E-state index contributed by atoms with van der Waals surface area (Å²) in [4.78, 5) is 0. The molecule has 0 amide bonds. The molecule has 102 valence electrons. The minimum atomic E-state index is -3.16. The molecule has 1 atom stereocenters. The quantitative estimate of drug-likeness (QED) is 0.647. The summed E-state index contributed by atoms with van der Waals surface area (Å²) < 4.78 is 25.9. The van der Waals surface area contributed by atoms with Gasteiger partial charge in [0, 0.05) is 19.2 Å². The van der Waals surface area contributed by atoms with E-state index in [0.29, 0.717) is 25.9 Å². The van der Waals surface area contributed by atoms with Crippen molar-refractivity contribution in [3.05, 3.63) is 0 Å². The van der Waals surface area contributed by atoms with Gasteiger partial charge in [-0.2, -0.15) is 4.31 Å². The Balaban J connectivity index is 2.59. The molecular formula is C11H24N2O3S. The zero-order valence-corrected chi connectivity index (χ0v) is 11.2. The maximum Gasteiger partial charge on any atom is 0.214 e. The fourth-order valence-corrected chi connectivity index (χ4v) is 4.20. The first kappa shape index (κ1) is 14.9. The van der Waals surface area contributed by atoms with Crippen molar-refractivity contribution in [3.63, 3.8) is 0 Å². The highest BCUT2D eigenvalue weighted by Crippen LogP contribution is 2.23. The summed E-state index contributed by atoms with van der Waals surface area (Å²) in [5.41, 5.74) is 5.37. The van der Waals surface area contributed by atoms with Crippen LogP contribution in [0.5, 0.6) is 0 Å². The number of aliphatic hydroxyl groups excluding tert-OH is 1. The molecule has 0 spiro atoms. The first-order chi connectivity index (χ1) is 8.11. The third kappa shape index (κ3) is 4.54. The van der Waals surface area contributed by atoms with E-state index >= 15 is 0 Å². The number of hydrogen-bond donors (Lipinski definition) is 2. The highest BCUT2D eigenvalue weighted by molar-refractivity contribution is 7.89. The lowest BCUT2D eigenvalue weighted by atomic mass is 10.0. The van der Waals surface area contributed by atoms with E-state index in [9.17, 15) is 8.42 Å². The number of unbranched alkanes of at least 4 members (excludes halogenated alkanes) is 1. The van der Waals surface area contributed by atoms with Crippen LogP contribution in [0.3, 0.4) is 0 Å². The van der Waals surface area contributed by atoms with Crippen molar-refractivity contribution in [2.75, 3.05) is 25.4 Å². The van der Waals surface area contributed by atoms with E-state index in [2.05, 4.69) is 0 Å². The Labute approximate surface area is 104 Å². The smallest absolute Gasteiger partial charge is 0.214 e. The topological polar surface area (TPSA) is 83.6 Å². The molecule has 5 nitrogen and oxygen atoms in total. The minimum Gasteiger partial charge on any atom is -0.396 e. The minimum absolute atomic E-state index is 0.00312. The lowest BCUT2D eigenvalue weighted by Gasteiger charge is -2.34. The van der Waals surface area contributed by atoms with Crippen LogP contribution in [-0.2, 0) is 10.0 Å². The van der Waals surface area contributed by atoms with Gasteiger partial charge in [-0.25, -0.2) is 8.42 Å². The molecule has 1 fully saturated rings. The first-order valence-corrected chi connectivity index (χ1v) is 8.03. The van der Waals surface area contributed by atoms with Crippen LogP contribution in [0.2, 0.25) is 0 Å². The first-order valence-electron chi connectivity index (χ1n) is 6.42. The average Bonchev–Trinajstić information content (AvgIpc) is 2.30. The van der Waals surface area contributed by atoms with Gasteiger partial charge in [-0.15, -0.1) is 0 Å². The maximum absolute atomic E-state index is 12.1. The van der Waals surface area contributed by atoms with Crippen molar-refractivity contribution < 1.29 is 13.5 Å². The van der Waals surface area contributed by atoms with Gasteiger partial charge in [0.2, 0.25) is 10.0 Å². The van der Waals surface area contributed by atoms with Crippen molar-refractivity contribution in [1.82, 2.24) is 4.31 Å². The average molecular weight is 264 g/mol. The van der Waals surface area contributed by atoms with Crippen molar-refractivity contribution in [1.29, 1.82) is 0 Å². The maximum atomic E-state index is 12.1. The molecule has 1 aliphatic rings. The lowest BCUT2D eigenvalue weighted by Crippen LogP contribution is -2.45. The monoisotopic (exact) mass is 264 g/mol. The molecule has 1 heterocycles. The molecule has 0 radical (unpaired) electrons. The third-order valence-corrected chi connectivity index (χ3v) is 5.25. The van der Waals surface area contributed by atoms with Crippen LogP contribution in [-0.4, -0.2) is 49.3 Å². The second-order valence-corrected chi connectivity index (χ2v) is 6.63. The van der Waals surface area contributed by atoms with Gasteiger partial charge >= 0.3 is 0 Å². The SMILES string of the molecule is NCCCCS(=O)(=O)N1CCCCC1CCO. The molecule has 0 aliphatic carbocycles. The Hall–Kier alpha value is -0.170. The predicted molar refractivity (Wildman–Crippen MR) is 68.1 cm³/mol. The Kier molecular flexibility index (Phi) is 6.40. The highest BCUT2D eigenvalue weighted by Gasteiger charge is 2.31. The number of nitrogens with two attached hydrogens (primary N) is 1. The summed E-state index contributed by atoms with van der Waals surface area (Å²) in [6.07, 6.45) is 4.78. The van der Waals surface area contributed by atoms with E-state index in [1.807, 2.05) is 0 Å². The van der Waals surface area contributed by atoms with Gasteiger partial charge in [-0.1, -0.05) is 6.42 Å². The van der Waals surface area contributed by atoms with E-state index in [4.69, 9.17) is 10.8 Å². The Bertz CT molecular complexity index is 304. The molecule has 1 unspecified atom stereocenters. The van der Waals surface area contributed by atoms with Crippen LogP contribution >= 0.6 is 0 Å². The highest BCUT2D eigenvalue weighted by atomic mass is 32.2. The molecule has 6 heteroatoms. The normalized spacial score (nSPS) is 22.8. The molecule has 0 saturated carbocycles. The van der Waals surface area contributed by atoms with E-state index in [1.165, 1.54) is 0 Å². The standard InChI is InChI=1S/C11H24N2O3S/c12-7-2-4-10-17(15,16)13-8-3-1-5-11(13)6-9-14/h11,14H,1-10,12H2. The molecular weight excluding hydrogens is 240 g/mol. The van der Waals surface area contributed by atoms with Gasteiger partial charge in [-0.05, 0) is 38.6 Å². The number of piperidine rings is 1. The van der Waals surface area contributed by atoms with Gasteiger partial charge in [0.25, 0.3) is 0 Å². The fraction of sp³-hybridized carbons (Fsp3) is 1.00. The number of rotatable bonds is 7. The van der Waals surface area contributed by atoms with Crippen LogP contribution in [0.25, 0.3) is 0 Å². The van der Waals surface area contributed by atoms with Crippen LogP contribution in [0.4, 0.5) is 0 Å². The zero-order chi connectivity index (χ0) is 12.7. The number of nitrogens with zero attached hydrogens (tertiary/aromatic N) is 1. The Morgan fingerprint density at radius 1 is 1.29 bits per heavy atom. The summed E-state index contributed by atoms with van der Waals surface area (Å²) in [7, 11) is -3.16. The number of aliphatic hydroxyl groups is 1. The van der Waals surface area contributed by atoms with E-state index in [1.54, 1.807) is 4.31 Å². The summed E-state index contributed by atoms with van der Waals surface area (Å²) in [6.45, 7) is 1.20. The van der Waals surface area contributed by atoms with Crippen LogP contribution in [0, 0.1) is 0 Å². The molecule has 1 rings (SSSR count). The molecule has 3 N–H and O–H groups in total. The predicted octanol–water partition coefficient (Wildman–Crippen LogP) is 0.292. The van der Waals surface area contributed by atoms with E-state index < -0.39 is 10.0 Å². The summed E-state index contributed by atoms with van der Waals surface area (Å²) in [5.74, 6) is 0.187. The number of sulfonamides is 1. The molecule has 0 aromatic rings. The molecule has 1 saturated heterocycles. The molecule has 0 bridgehead atoms. The van der Waals surface area contributed by atoms with Crippen LogP contribution in [0.1, 0.15) is 38.5 Å². The van der Waals surface area contributed by atoms with Crippen molar-refractivity contribution in [2.24, 2.45) is 5.73 Å². The molecule has 0 aromatic carbocycles. The zero-order valence-electron chi connectivity index (χ0n) is 10.3. The summed E-state index contributed by atoms with van der Waals surface area (Å²) >= 11 is 0. The lowest BCUT2D eigenvalue weighted by molar-refractivity contribution is 0.192. The van der Waals surface area contributed by atoms with Crippen molar-refractivity contribution in [2.45, 2.75) is 44.6 Å². The van der Waals surface area contributed by atoms with Crippen LogP contribution < -0.4 is 5.73 Å². The second kappa shape index (κ2) is 7.31. The van der Waals surface area contributed by atoms with E-state index in [0.717, 1.165) is 25.7 Å². The van der Waals surface area contributed by atoms with Gasteiger partial charge < -0.3 is 10.8 Å². The Morgan fingerprint density at radius 2 is 2.06 bits per heavy atom. The summed E-state index contributed by atoms with van der Waals surface area (Å²) in [5, 5.41) is 8.98. The van der Waals surface area contributed by atoms with Gasteiger partial charge in [0.05, 0.1) is 5.75 Å². The van der Waals surface area contributed by atoms with Crippen molar-refractivity contribution >= 4 is 10.0 Å². The molecule has 1 aliphatic heterocycles. The Morgan fingerprint density at radius 3 is 2.71 bits per heavy atom. The second-order valence-electron chi connectivity index (χ2n) is 4.58. The van der Waals surface area contributed by atoms with Gasteiger partial charge in [0.1, 0.15) is 0 Å². The van der Waals surface area contributed by atoms with Gasteiger partial charge in [0.15, 0.2) is 0 Å². The van der Waals surface area contributed by atoms with Crippen LogP contribution in [0.15, 0.2) is 0 Å². The summed E-state index contributed by atoms with van der Waals surface area (Å²) in [6, 6.07) is -0.00312. The third-order valence-electron chi connectivity index (χ3n) is 3.25. The number of hydrogen-bond acceptors (Lipinski definition) is 4.